The molecule has 0 aromatic heterocycles. The molecule has 0 aliphatic carbocycles. The Kier molecular flexibility index (Phi) is 5.31. The van der Waals surface area contributed by atoms with Gasteiger partial charge >= 0.3 is 0 Å². The van der Waals surface area contributed by atoms with Crippen LogP contribution < -0.4 is 22.1 Å². The molecule has 0 atom stereocenters. The number of anilines is 4. The van der Waals surface area contributed by atoms with Crippen LogP contribution in [0.3, 0.4) is 0 Å². The summed E-state index contributed by atoms with van der Waals surface area (Å²) >= 11 is 0. The zero-order valence-corrected chi connectivity index (χ0v) is 17.2. The van der Waals surface area contributed by atoms with Crippen molar-refractivity contribution >= 4 is 22.7 Å². The van der Waals surface area contributed by atoms with E-state index in [-0.39, 0.29) is 0 Å². The second-order valence-electron chi connectivity index (χ2n) is 7.24. The van der Waals surface area contributed by atoms with E-state index in [0.717, 1.165) is 56.1 Å². The van der Waals surface area contributed by atoms with Crippen LogP contribution in [0.2, 0.25) is 0 Å². The highest BCUT2D eigenvalue weighted by molar-refractivity contribution is 5.99. The average Bonchev–Trinajstić information content (AvgIpc) is 2.79. The van der Waals surface area contributed by atoms with Gasteiger partial charge < -0.3 is 22.1 Å². The summed E-state index contributed by atoms with van der Waals surface area (Å²) in [4.78, 5) is 0. The van der Waals surface area contributed by atoms with Crippen molar-refractivity contribution in [2.24, 2.45) is 0 Å². The number of nitrogen functional groups attached to an aromatic ring is 2. The van der Waals surface area contributed by atoms with Crippen molar-refractivity contribution in [2.45, 2.75) is 0 Å². The molecule has 0 bridgehead atoms. The maximum absolute atomic E-state index is 5.96. The van der Waals surface area contributed by atoms with Crippen molar-refractivity contribution in [2.75, 3.05) is 36.2 Å². The van der Waals surface area contributed by atoms with Crippen LogP contribution in [-0.2, 0) is 0 Å². The SMILES string of the molecule is CNc1cccc(-c2ccc(-c3ccc(N)cc3)c(NC)c2-c2ccc(N)cc2)c1. The van der Waals surface area contributed by atoms with Crippen LogP contribution in [0, 0.1) is 0 Å². The third kappa shape index (κ3) is 3.67. The van der Waals surface area contributed by atoms with E-state index in [1.54, 1.807) is 0 Å². The number of nitrogens with one attached hydrogen (secondary N) is 2. The summed E-state index contributed by atoms with van der Waals surface area (Å²) in [5.41, 5.74) is 22.3. The Morgan fingerprint density at radius 3 is 1.77 bits per heavy atom. The van der Waals surface area contributed by atoms with Gasteiger partial charge in [-0.15, -0.1) is 0 Å². The minimum Gasteiger partial charge on any atom is -0.399 e. The molecule has 0 amide bonds. The van der Waals surface area contributed by atoms with E-state index in [9.17, 15) is 0 Å². The summed E-state index contributed by atoms with van der Waals surface area (Å²) < 4.78 is 0. The van der Waals surface area contributed by atoms with Crippen LogP contribution in [0.4, 0.5) is 22.7 Å². The average molecular weight is 395 g/mol. The molecule has 0 saturated heterocycles. The third-order valence-electron chi connectivity index (χ3n) is 5.34. The van der Waals surface area contributed by atoms with Gasteiger partial charge in [-0.2, -0.15) is 0 Å². The lowest BCUT2D eigenvalue weighted by molar-refractivity contribution is 1.47. The van der Waals surface area contributed by atoms with Gasteiger partial charge in [-0.25, -0.2) is 0 Å². The fourth-order valence-electron chi connectivity index (χ4n) is 3.80. The molecule has 0 heterocycles. The lowest BCUT2D eigenvalue weighted by Crippen LogP contribution is -1.99. The highest BCUT2D eigenvalue weighted by atomic mass is 14.8. The van der Waals surface area contributed by atoms with E-state index >= 15 is 0 Å². The van der Waals surface area contributed by atoms with E-state index in [4.69, 9.17) is 11.5 Å². The van der Waals surface area contributed by atoms with Crippen molar-refractivity contribution in [1.82, 2.24) is 0 Å². The Bertz CT molecular complexity index is 1160. The van der Waals surface area contributed by atoms with Gasteiger partial charge in [0.05, 0.1) is 5.69 Å². The van der Waals surface area contributed by atoms with Crippen molar-refractivity contribution in [3.8, 4) is 33.4 Å². The predicted molar refractivity (Wildman–Crippen MR) is 131 cm³/mol. The Morgan fingerprint density at radius 1 is 0.567 bits per heavy atom. The van der Waals surface area contributed by atoms with Gasteiger partial charge in [-0.3, -0.25) is 0 Å². The summed E-state index contributed by atoms with van der Waals surface area (Å²) in [6.07, 6.45) is 0. The van der Waals surface area contributed by atoms with Crippen molar-refractivity contribution in [3.63, 3.8) is 0 Å². The second-order valence-corrected chi connectivity index (χ2v) is 7.24. The van der Waals surface area contributed by atoms with Crippen LogP contribution in [0.25, 0.3) is 33.4 Å². The first-order chi connectivity index (χ1) is 14.6. The van der Waals surface area contributed by atoms with Crippen LogP contribution in [0.5, 0.6) is 0 Å². The summed E-state index contributed by atoms with van der Waals surface area (Å²) in [6, 6.07) is 28.8. The van der Waals surface area contributed by atoms with Gasteiger partial charge in [0.2, 0.25) is 0 Å². The van der Waals surface area contributed by atoms with Gasteiger partial charge in [-0.05, 0) is 58.7 Å². The maximum Gasteiger partial charge on any atom is 0.0503 e. The molecule has 0 aliphatic rings. The molecule has 4 heteroatoms. The fourth-order valence-corrected chi connectivity index (χ4v) is 3.80. The minimum atomic E-state index is 0.748. The van der Waals surface area contributed by atoms with Gasteiger partial charge in [0.15, 0.2) is 0 Å². The number of benzene rings is 4. The molecule has 30 heavy (non-hydrogen) atoms. The van der Waals surface area contributed by atoms with E-state index in [0.29, 0.717) is 0 Å². The summed E-state index contributed by atoms with van der Waals surface area (Å²) in [5.74, 6) is 0. The quantitative estimate of drug-likeness (QED) is 0.316. The van der Waals surface area contributed by atoms with Crippen molar-refractivity contribution in [1.29, 1.82) is 0 Å². The van der Waals surface area contributed by atoms with Crippen molar-refractivity contribution < 1.29 is 0 Å². The minimum absolute atomic E-state index is 0.748. The van der Waals surface area contributed by atoms with Gasteiger partial charge in [0.1, 0.15) is 0 Å². The number of hydrogen-bond acceptors (Lipinski definition) is 4. The van der Waals surface area contributed by atoms with Crippen LogP contribution >= 0.6 is 0 Å². The topological polar surface area (TPSA) is 76.1 Å². The monoisotopic (exact) mass is 394 g/mol. The second kappa shape index (κ2) is 8.21. The molecule has 0 fully saturated rings. The third-order valence-corrected chi connectivity index (χ3v) is 5.34. The highest BCUT2D eigenvalue weighted by Gasteiger charge is 2.17. The van der Waals surface area contributed by atoms with Crippen LogP contribution in [-0.4, -0.2) is 14.1 Å². The Hall–Kier alpha value is -3.92. The lowest BCUT2D eigenvalue weighted by atomic mass is 9.88. The Balaban J connectivity index is 2.00. The molecule has 4 aromatic carbocycles. The highest BCUT2D eigenvalue weighted by Crippen LogP contribution is 2.44. The molecule has 4 aromatic rings. The number of hydrogen-bond donors (Lipinski definition) is 4. The smallest absolute Gasteiger partial charge is 0.0503 e. The van der Waals surface area contributed by atoms with Crippen molar-refractivity contribution in [3.05, 3.63) is 84.9 Å². The molecule has 0 aliphatic heterocycles. The fraction of sp³-hybridized carbons (Fsp3) is 0.0769. The van der Waals surface area contributed by atoms with E-state index < -0.39 is 0 Å². The summed E-state index contributed by atoms with van der Waals surface area (Å²) in [5, 5.41) is 6.68. The molecule has 0 unspecified atom stereocenters. The zero-order chi connectivity index (χ0) is 21.1. The first kappa shape index (κ1) is 19.4. The molecule has 0 saturated carbocycles. The van der Waals surface area contributed by atoms with Crippen LogP contribution in [0.1, 0.15) is 0 Å². The molecular weight excluding hydrogens is 368 g/mol. The first-order valence-corrected chi connectivity index (χ1v) is 9.95. The molecule has 0 spiro atoms. The van der Waals surface area contributed by atoms with Gasteiger partial charge in [0, 0.05) is 42.3 Å². The Morgan fingerprint density at radius 2 is 1.17 bits per heavy atom. The normalized spacial score (nSPS) is 10.6. The molecule has 150 valence electrons. The van der Waals surface area contributed by atoms with Gasteiger partial charge in [-0.1, -0.05) is 48.5 Å². The maximum atomic E-state index is 5.96. The van der Waals surface area contributed by atoms with E-state index in [1.807, 2.05) is 38.4 Å². The molecule has 4 rings (SSSR count). The summed E-state index contributed by atoms with van der Waals surface area (Å²) in [6.45, 7) is 0. The molecule has 6 N–H and O–H groups in total. The molecular formula is C26H26N4. The summed E-state index contributed by atoms with van der Waals surface area (Å²) in [7, 11) is 3.90. The van der Waals surface area contributed by atoms with E-state index in [2.05, 4.69) is 71.3 Å². The van der Waals surface area contributed by atoms with Gasteiger partial charge in [0.25, 0.3) is 0 Å². The number of nitrogens with two attached hydrogens (primary N) is 2. The first-order valence-electron chi connectivity index (χ1n) is 9.95. The van der Waals surface area contributed by atoms with Crippen LogP contribution in [0.15, 0.2) is 84.9 Å². The standard InChI is InChI=1S/C26H26N4/c1-29-22-5-3-4-19(16-22)23-14-15-24(17-6-10-20(27)11-7-17)26(30-2)25(23)18-8-12-21(28)13-9-18/h3-16,29-30H,27-28H2,1-2H3. The zero-order valence-electron chi connectivity index (χ0n) is 17.2. The largest absolute Gasteiger partial charge is 0.399 e. The molecule has 0 radical (unpaired) electrons. The lowest BCUT2D eigenvalue weighted by Gasteiger charge is -2.20. The predicted octanol–water partition coefficient (Wildman–Crippen LogP) is 5.94. The molecule has 4 nitrogen and oxygen atoms in total. The Labute approximate surface area is 177 Å². The number of rotatable bonds is 5. The van der Waals surface area contributed by atoms with E-state index in [1.165, 1.54) is 0 Å².